The third-order valence-corrected chi connectivity index (χ3v) is 3.60. The van der Waals surface area contributed by atoms with E-state index in [1.165, 1.54) is 0 Å². The lowest BCUT2D eigenvalue weighted by Gasteiger charge is -2.13. The number of hydrogen-bond donors (Lipinski definition) is 1. The van der Waals surface area contributed by atoms with Crippen LogP contribution in [0, 0.1) is 5.92 Å². The monoisotopic (exact) mass is 323 g/mol. The van der Waals surface area contributed by atoms with Gasteiger partial charge >= 0.3 is 0 Å². The van der Waals surface area contributed by atoms with Gasteiger partial charge in [0.2, 0.25) is 5.89 Å². The smallest absolute Gasteiger partial charge is 0.231 e. The summed E-state index contributed by atoms with van der Waals surface area (Å²) < 4.78 is 6.38. The molecule has 19 heavy (non-hydrogen) atoms. The summed E-state index contributed by atoms with van der Waals surface area (Å²) in [4.78, 5) is 4.45. The van der Waals surface area contributed by atoms with Gasteiger partial charge < -0.3 is 10.3 Å². The Kier molecular flexibility index (Phi) is 4.71. The van der Waals surface area contributed by atoms with Gasteiger partial charge in [-0.25, -0.2) is 0 Å². The summed E-state index contributed by atoms with van der Waals surface area (Å²) >= 11 is 3.45. The fourth-order valence-electron chi connectivity index (χ4n) is 1.98. The van der Waals surface area contributed by atoms with Gasteiger partial charge in [-0.3, -0.25) is 0 Å². The van der Waals surface area contributed by atoms with E-state index in [2.05, 4.69) is 46.0 Å². The van der Waals surface area contributed by atoms with Gasteiger partial charge in [0.25, 0.3) is 0 Å². The molecular weight excluding hydrogens is 306 g/mol. The van der Waals surface area contributed by atoms with Crippen molar-refractivity contribution in [2.24, 2.45) is 11.7 Å². The first-order valence-electron chi connectivity index (χ1n) is 6.37. The molecule has 0 fully saturated rings. The van der Waals surface area contributed by atoms with Crippen LogP contribution in [-0.4, -0.2) is 16.7 Å². The van der Waals surface area contributed by atoms with Gasteiger partial charge in [-0.1, -0.05) is 47.1 Å². The summed E-state index contributed by atoms with van der Waals surface area (Å²) in [5.74, 6) is 1.86. The predicted molar refractivity (Wildman–Crippen MR) is 77.9 cm³/mol. The average molecular weight is 324 g/mol. The summed E-state index contributed by atoms with van der Waals surface area (Å²) in [6, 6.07) is 8.09. The van der Waals surface area contributed by atoms with Gasteiger partial charge in [-0.15, -0.1) is 0 Å². The maximum absolute atomic E-state index is 5.75. The first-order valence-corrected chi connectivity index (χ1v) is 7.16. The molecule has 5 heteroatoms. The van der Waals surface area contributed by atoms with E-state index in [4.69, 9.17) is 10.3 Å². The first kappa shape index (κ1) is 14.2. The topological polar surface area (TPSA) is 64.9 Å². The van der Waals surface area contributed by atoms with Crippen molar-refractivity contribution in [1.82, 2.24) is 10.1 Å². The summed E-state index contributed by atoms with van der Waals surface area (Å²) in [5, 5.41) is 4.04. The number of aromatic nitrogens is 2. The van der Waals surface area contributed by atoms with Crippen LogP contribution in [0.2, 0.25) is 0 Å². The van der Waals surface area contributed by atoms with E-state index in [0.717, 1.165) is 10.0 Å². The molecule has 0 aliphatic heterocycles. The molecule has 102 valence electrons. The minimum atomic E-state index is 0.128. The van der Waals surface area contributed by atoms with Crippen LogP contribution >= 0.6 is 15.9 Å². The molecule has 1 aromatic carbocycles. The highest BCUT2D eigenvalue weighted by atomic mass is 79.9. The highest BCUT2D eigenvalue weighted by Gasteiger charge is 2.20. The van der Waals surface area contributed by atoms with Crippen LogP contribution in [0.4, 0.5) is 0 Å². The van der Waals surface area contributed by atoms with Gasteiger partial charge in [0, 0.05) is 17.4 Å². The standard InChI is InChI=1S/C14H18BrN3O/c1-9(2)12(8-16)14-17-13(18-19-14)7-10-4-3-5-11(15)6-10/h3-6,9,12H,7-8,16H2,1-2H3. The molecule has 0 saturated carbocycles. The first-order chi connectivity index (χ1) is 9.10. The van der Waals surface area contributed by atoms with Crippen molar-refractivity contribution in [1.29, 1.82) is 0 Å². The van der Waals surface area contributed by atoms with Crippen LogP contribution in [0.25, 0.3) is 0 Å². The molecule has 1 aromatic heterocycles. The molecule has 0 aliphatic carbocycles. The Bertz CT molecular complexity index is 539. The Labute approximate surface area is 121 Å². The molecule has 1 unspecified atom stereocenters. The number of hydrogen-bond acceptors (Lipinski definition) is 4. The van der Waals surface area contributed by atoms with Crippen LogP contribution in [-0.2, 0) is 6.42 Å². The number of nitrogens with zero attached hydrogens (tertiary/aromatic N) is 2. The van der Waals surface area contributed by atoms with Crippen LogP contribution < -0.4 is 5.73 Å². The van der Waals surface area contributed by atoms with Crippen molar-refractivity contribution in [3.63, 3.8) is 0 Å². The van der Waals surface area contributed by atoms with Gasteiger partial charge in [0.1, 0.15) is 0 Å². The Hall–Kier alpha value is -1.20. The average Bonchev–Trinajstić information content (AvgIpc) is 2.78. The summed E-state index contributed by atoms with van der Waals surface area (Å²) in [6.45, 7) is 4.74. The Morgan fingerprint density at radius 3 is 2.79 bits per heavy atom. The molecule has 1 atom stereocenters. The van der Waals surface area contributed by atoms with E-state index < -0.39 is 0 Å². The van der Waals surface area contributed by atoms with Crippen LogP contribution in [0.3, 0.4) is 0 Å². The second kappa shape index (κ2) is 6.30. The fourth-order valence-corrected chi connectivity index (χ4v) is 2.42. The molecule has 0 bridgehead atoms. The normalized spacial score (nSPS) is 12.9. The third kappa shape index (κ3) is 3.64. The maximum atomic E-state index is 5.75. The second-order valence-electron chi connectivity index (χ2n) is 4.94. The molecule has 0 spiro atoms. The lowest BCUT2D eigenvalue weighted by molar-refractivity contribution is 0.322. The number of halogens is 1. The largest absolute Gasteiger partial charge is 0.339 e. The van der Waals surface area contributed by atoms with Gasteiger partial charge in [0.15, 0.2) is 5.82 Å². The van der Waals surface area contributed by atoms with Crippen molar-refractivity contribution in [2.75, 3.05) is 6.54 Å². The molecule has 0 radical (unpaired) electrons. The number of rotatable bonds is 5. The minimum Gasteiger partial charge on any atom is -0.339 e. The van der Waals surface area contributed by atoms with Crippen LogP contribution in [0.15, 0.2) is 33.3 Å². The zero-order valence-electron chi connectivity index (χ0n) is 11.1. The van der Waals surface area contributed by atoms with E-state index in [1.807, 2.05) is 18.2 Å². The van der Waals surface area contributed by atoms with Crippen molar-refractivity contribution in [3.05, 3.63) is 46.0 Å². The van der Waals surface area contributed by atoms with Crippen LogP contribution in [0.1, 0.15) is 37.0 Å². The van der Waals surface area contributed by atoms with Gasteiger partial charge in [-0.05, 0) is 23.6 Å². The molecule has 0 saturated heterocycles. The molecule has 2 rings (SSSR count). The second-order valence-corrected chi connectivity index (χ2v) is 5.86. The van der Waals surface area contributed by atoms with E-state index in [1.54, 1.807) is 0 Å². The highest BCUT2D eigenvalue weighted by molar-refractivity contribution is 9.10. The lowest BCUT2D eigenvalue weighted by Crippen LogP contribution is -2.18. The van der Waals surface area contributed by atoms with Gasteiger partial charge in [-0.2, -0.15) is 4.98 Å². The molecule has 0 amide bonds. The molecule has 0 aliphatic rings. The molecule has 1 heterocycles. The predicted octanol–water partition coefficient (Wildman–Crippen LogP) is 3.12. The van der Waals surface area contributed by atoms with Crippen molar-refractivity contribution in [3.8, 4) is 0 Å². The van der Waals surface area contributed by atoms with E-state index in [-0.39, 0.29) is 5.92 Å². The van der Waals surface area contributed by atoms with Crippen LogP contribution in [0.5, 0.6) is 0 Å². The molecule has 4 nitrogen and oxygen atoms in total. The molecule has 2 N–H and O–H groups in total. The Morgan fingerprint density at radius 2 is 2.16 bits per heavy atom. The van der Waals surface area contributed by atoms with Crippen molar-refractivity contribution in [2.45, 2.75) is 26.2 Å². The number of benzene rings is 1. The van der Waals surface area contributed by atoms with Gasteiger partial charge in [0.05, 0.1) is 5.92 Å². The molecule has 2 aromatic rings. The zero-order valence-corrected chi connectivity index (χ0v) is 12.7. The number of nitrogens with two attached hydrogens (primary N) is 1. The van der Waals surface area contributed by atoms with Crippen molar-refractivity contribution >= 4 is 15.9 Å². The van der Waals surface area contributed by atoms with E-state index in [0.29, 0.717) is 30.6 Å². The quantitative estimate of drug-likeness (QED) is 0.918. The highest BCUT2D eigenvalue weighted by Crippen LogP contribution is 2.22. The fraction of sp³-hybridized carbons (Fsp3) is 0.429. The zero-order chi connectivity index (χ0) is 13.8. The van der Waals surface area contributed by atoms with E-state index >= 15 is 0 Å². The third-order valence-electron chi connectivity index (χ3n) is 3.11. The SMILES string of the molecule is CC(C)C(CN)c1nc(Cc2cccc(Br)c2)no1. The summed E-state index contributed by atoms with van der Waals surface area (Å²) in [7, 11) is 0. The Morgan fingerprint density at radius 1 is 1.37 bits per heavy atom. The Balaban J connectivity index is 2.13. The molecular formula is C14H18BrN3O. The minimum absolute atomic E-state index is 0.128. The van der Waals surface area contributed by atoms with Crippen molar-refractivity contribution < 1.29 is 4.52 Å². The lowest BCUT2D eigenvalue weighted by atomic mass is 9.96. The summed E-state index contributed by atoms with van der Waals surface area (Å²) in [5.41, 5.74) is 6.90. The maximum Gasteiger partial charge on any atom is 0.231 e. The van der Waals surface area contributed by atoms with E-state index in [9.17, 15) is 0 Å². The summed E-state index contributed by atoms with van der Waals surface area (Å²) in [6.07, 6.45) is 0.665.